The third kappa shape index (κ3) is 4.74. The van der Waals surface area contributed by atoms with Crippen LogP contribution in [-0.4, -0.2) is 13.2 Å². The fraction of sp³-hybridized carbons (Fsp3) is 0.500. The number of benzene rings is 1. The first-order valence-corrected chi connectivity index (χ1v) is 6.39. The molecule has 0 aliphatic rings. The second-order valence-electron chi connectivity index (χ2n) is 4.90. The van der Waals surface area contributed by atoms with E-state index in [9.17, 15) is 0 Å². The summed E-state index contributed by atoms with van der Waals surface area (Å²) < 4.78 is 5.48. The average molecular weight is 232 g/mol. The Kier molecular flexibility index (Phi) is 5.99. The SMILES string of the molecule is C=C(CCCc1ccccc1)C(OC)C(C)C. The van der Waals surface area contributed by atoms with Crippen LogP contribution in [0.25, 0.3) is 0 Å². The van der Waals surface area contributed by atoms with Crippen LogP contribution < -0.4 is 0 Å². The van der Waals surface area contributed by atoms with Crippen LogP contribution in [0.2, 0.25) is 0 Å². The summed E-state index contributed by atoms with van der Waals surface area (Å²) in [7, 11) is 1.77. The van der Waals surface area contributed by atoms with Crippen molar-refractivity contribution in [3.05, 3.63) is 48.0 Å². The molecular weight excluding hydrogens is 208 g/mol. The van der Waals surface area contributed by atoms with Crippen molar-refractivity contribution in [2.24, 2.45) is 5.92 Å². The summed E-state index contributed by atoms with van der Waals surface area (Å²) in [4.78, 5) is 0. The smallest absolute Gasteiger partial charge is 0.0801 e. The summed E-state index contributed by atoms with van der Waals surface area (Å²) in [6.07, 6.45) is 3.51. The Labute approximate surface area is 106 Å². The fourth-order valence-electron chi connectivity index (χ4n) is 2.22. The van der Waals surface area contributed by atoms with Gasteiger partial charge in [0.2, 0.25) is 0 Å². The Hall–Kier alpha value is -1.08. The van der Waals surface area contributed by atoms with Crippen molar-refractivity contribution in [1.29, 1.82) is 0 Å². The minimum Gasteiger partial charge on any atom is -0.377 e. The highest BCUT2D eigenvalue weighted by Crippen LogP contribution is 2.19. The van der Waals surface area contributed by atoms with Gasteiger partial charge >= 0.3 is 0 Å². The van der Waals surface area contributed by atoms with Gasteiger partial charge in [-0.2, -0.15) is 0 Å². The van der Waals surface area contributed by atoms with E-state index in [0.717, 1.165) is 19.3 Å². The third-order valence-electron chi connectivity index (χ3n) is 3.07. The number of rotatable bonds is 7. The second-order valence-corrected chi connectivity index (χ2v) is 4.90. The number of methoxy groups -OCH3 is 1. The average Bonchev–Trinajstić information content (AvgIpc) is 2.30. The highest BCUT2D eigenvalue weighted by Gasteiger charge is 2.15. The lowest BCUT2D eigenvalue weighted by molar-refractivity contribution is 0.0913. The maximum absolute atomic E-state index is 5.48. The molecule has 1 rings (SSSR count). The van der Waals surface area contributed by atoms with Crippen LogP contribution in [0.4, 0.5) is 0 Å². The molecule has 1 aromatic carbocycles. The molecule has 0 amide bonds. The third-order valence-corrected chi connectivity index (χ3v) is 3.07. The van der Waals surface area contributed by atoms with E-state index < -0.39 is 0 Å². The topological polar surface area (TPSA) is 9.23 Å². The molecule has 0 aromatic heterocycles. The standard InChI is InChI=1S/C16H24O/c1-13(2)16(17-4)14(3)9-8-12-15-10-6-5-7-11-15/h5-7,10-11,13,16H,3,8-9,12H2,1-2,4H3. The lowest BCUT2D eigenvalue weighted by Gasteiger charge is -2.21. The molecule has 0 saturated carbocycles. The van der Waals surface area contributed by atoms with Crippen molar-refractivity contribution in [2.75, 3.05) is 7.11 Å². The highest BCUT2D eigenvalue weighted by atomic mass is 16.5. The molecule has 17 heavy (non-hydrogen) atoms. The molecule has 1 unspecified atom stereocenters. The van der Waals surface area contributed by atoms with E-state index in [2.05, 4.69) is 50.8 Å². The summed E-state index contributed by atoms with van der Waals surface area (Å²) in [5, 5.41) is 0. The normalized spacial score (nSPS) is 12.7. The molecule has 1 nitrogen and oxygen atoms in total. The molecule has 0 fully saturated rings. The number of hydrogen-bond donors (Lipinski definition) is 0. The molecular formula is C16H24O. The van der Waals surface area contributed by atoms with Gasteiger partial charge in [-0.15, -0.1) is 0 Å². The number of aryl methyl sites for hydroxylation is 1. The molecule has 0 saturated heterocycles. The molecule has 0 heterocycles. The Bertz CT molecular complexity index is 327. The molecule has 0 aliphatic heterocycles. The molecule has 1 atom stereocenters. The van der Waals surface area contributed by atoms with Gasteiger partial charge < -0.3 is 4.74 Å². The van der Waals surface area contributed by atoms with Crippen LogP contribution >= 0.6 is 0 Å². The summed E-state index contributed by atoms with van der Waals surface area (Å²) in [6.45, 7) is 8.51. The fourth-order valence-corrected chi connectivity index (χ4v) is 2.22. The number of hydrogen-bond acceptors (Lipinski definition) is 1. The van der Waals surface area contributed by atoms with Crippen LogP contribution in [-0.2, 0) is 11.2 Å². The molecule has 1 heteroatoms. The minimum atomic E-state index is 0.200. The van der Waals surface area contributed by atoms with E-state index >= 15 is 0 Å². The van der Waals surface area contributed by atoms with E-state index in [0.29, 0.717) is 5.92 Å². The Morgan fingerprint density at radius 2 is 1.88 bits per heavy atom. The molecule has 0 radical (unpaired) electrons. The summed E-state index contributed by atoms with van der Waals surface area (Å²) in [5.41, 5.74) is 2.62. The van der Waals surface area contributed by atoms with Crippen LogP contribution in [0.3, 0.4) is 0 Å². The first-order chi connectivity index (χ1) is 8.15. The summed E-state index contributed by atoms with van der Waals surface area (Å²) in [6, 6.07) is 10.6. The van der Waals surface area contributed by atoms with Gasteiger partial charge in [0.05, 0.1) is 6.10 Å². The largest absolute Gasteiger partial charge is 0.377 e. The predicted octanol–water partition coefficient (Wildman–Crippen LogP) is 4.24. The predicted molar refractivity (Wildman–Crippen MR) is 74.2 cm³/mol. The van der Waals surface area contributed by atoms with Gasteiger partial charge in [-0.1, -0.05) is 50.8 Å². The van der Waals surface area contributed by atoms with Gasteiger partial charge in [-0.05, 0) is 36.3 Å². The number of ether oxygens (including phenoxy) is 1. The first kappa shape index (κ1) is 14.0. The van der Waals surface area contributed by atoms with Gasteiger partial charge in [0.1, 0.15) is 0 Å². The van der Waals surface area contributed by atoms with Crippen LogP contribution in [0.15, 0.2) is 42.5 Å². The van der Waals surface area contributed by atoms with Gasteiger partial charge in [-0.25, -0.2) is 0 Å². The zero-order chi connectivity index (χ0) is 12.7. The van der Waals surface area contributed by atoms with E-state index in [1.54, 1.807) is 7.11 Å². The van der Waals surface area contributed by atoms with Crippen LogP contribution in [0.5, 0.6) is 0 Å². The molecule has 1 aromatic rings. The Morgan fingerprint density at radius 3 is 2.41 bits per heavy atom. The van der Waals surface area contributed by atoms with Crippen LogP contribution in [0, 0.1) is 5.92 Å². The van der Waals surface area contributed by atoms with Crippen molar-refractivity contribution in [1.82, 2.24) is 0 Å². The molecule has 0 aliphatic carbocycles. The monoisotopic (exact) mass is 232 g/mol. The van der Waals surface area contributed by atoms with Crippen molar-refractivity contribution in [3.63, 3.8) is 0 Å². The zero-order valence-corrected chi connectivity index (χ0v) is 11.3. The quantitative estimate of drug-likeness (QED) is 0.639. The zero-order valence-electron chi connectivity index (χ0n) is 11.3. The lowest BCUT2D eigenvalue weighted by Crippen LogP contribution is -2.20. The van der Waals surface area contributed by atoms with E-state index in [1.807, 2.05) is 0 Å². The van der Waals surface area contributed by atoms with E-state index in [1.165, 1.54) is 11.1 Å². The summed E-state index contributed by atoms with van der Waals surface area (Å²) >= 11 is 0. The highest BCUT2D eigenvalue weighted by molar-refractivity contribution is 5.15. The molecule has 0 spiro atoms. The molecule has 0 N–H and O–H groups in total. The first-order valence-electron chi connectivity index (χ1n) is 6.39. The van der Waals surface area contributed by atoms with Crippen molar-refractivity contribution in [2.45, 2.75) is 39.2 Å². The van der Waals surface area contributed by atoms with Gasteiger partial charge in [-0.3, -0.25) is 0 Å². The van der Waals surface area contributed by atoms with Crippen molar-refractivity contribution in [3.8, 4) is 0 Å². The lowest BCUT2D eigenvalue weighted by atomic mass is 9.95. The van der Waals surface area contributed by atoms with Gasteiger partial charge in [0.25, 0.3) is 0 Å². The van der Waals surface area contributed by atoms with Crippen molar-refractivity contribution < 1.29 is 4.74 Å². The van der Waals surface area contributed by atoms with Gasteiger partial charge in [0, 0.05) is 7.11 Å². The molecule has 94 valence electrons. The Morgan fingerprint density at radius 1 is 1.24 bits per heavy atom. The van der Waals surface area contributed by atoms with Gasteiger partial charge in [0.15, 0.2) is 0 Å². The van der Waals surface area contributed by atoms with Crippen LogP contribution in [0.1, 0.15) is 32.3 Å². The molecule has 0 bridgehead atoms. The Balaban J connectivity index is 2.33. The van der Waals surface area contributed by atoms with Crippen molar-refractivity contribution >= 4 is 0 Å². The van der Waals surface area contributed by atoms with E-state index in [4.69, 9.17) is 4.74 Å². The minimum absolute atomic E-state index is 0.200. The summed E-state index contributed by atoms with van der Waals surface area (Å²) in [5.74, 6) is 0.504. The second kappa shape index (κ2) is 7.29. The van der Waals surface area contributed by atoms with E-state index in [-0.39, 0.29) is 6.10 Å². The maximum Gasteiger partial charge on any atom is 0.0801 e. The maximum atomic E-state index is 5.48.